The molecule has 2 unspecified atom stereocenters. The van der Waals surface area contributed by atoms with Crippen molar-refractivity contribution < 1.29 is 9.47 Å². The van der Waals surface area contributed by atoms with E-state index in [0.717, 1.165) is 39.5 Å². The van der Waals surface area contributed by atoms with Crippen LogP contribution in [-0.4, -0.2) is 28.1 Å². The largest absolute Gasteiger partial charge is 0.497 e. The van der Waals surface area contributed by atoms with Gasteiger partial charge in [0.2, 0.25) is 11.1 Å². The quantitative estimate of drug-likeness (QED) is 0.295. The predicted octanol–water partition coefficient (Wildman–Crippen LogP) is 6.88. The van der Waals surface area contributed by atoms with Gasteiger partial charge in [-0.25, -0.2) is 4.68 Å². The smallest absolute Gasteiger partial charge is 0.227 e. The van der Waals surface area contributed by atoms with E-state index in [1.54, 1.807) is 7.11 Å². The molecule has 6 nitrogen and oxygen atoms in total. The van der Waals surface area contributed by atoms with E-state index in [1.807, 2.05) is 65.5 Å². The van der Waals surface area contributed by atoms with Crippen LogP contribution in [0.3, 0.4) is 0 Å². The molecule has 0 bridgehead atoms. The lowest BCUT2D eigenvalue weighted by molar-refractivity contribution is 0.223. The van der Waals surface area contributed by atoms with Crippen molar-refractivity contribution in [2.75, 3.05) is 18.7 Å². The molecule has 35 heavy (non-hydrogen) atoms. The number of aromatic nitrogens is 3. The Hall–Kier alpha value is -3.13. The Balaban J connectivity index is 1.62. The molecule has 1 aromatic heterocycles. The third-order valence-corrected chi connectivity index (χ3v) is 7.23. The maximum atomic E-state index is 6.64. The van der Waals surface area contributed by atoms with Crippen molar-refractivity contribution in [3.8, 4) is 11.5 Å². The zero-order valence-electron chi connectivity index (χ0n) is 18.8. The molecule has 9 heteroatoms. The number of hydrogen-bond acceptors (Lipinski definition) is 6. The van der Waals surface area contributed by atoms with E-state index in [-0.39, 0.29) is 12.1 Å². The number of rotatable bonds is 4. The molecule has 3 heterocycles. The summed E-state index contributed by atoms with van der Waals surface area (Å²) in [5.41, 5.74) is 4.83. The van der Waals surface area contributed by atoms with Gasteiger partial charge >= 0.3 is 0 Å². The molecular formula is C26H20Cl2N4O2S. The highest BCUT2D eigenvalue weighted by Crippen LogP contribution is 2.51. The number of fused-ring (bicyclic) bond motifs is 3. The van der Waals surface area contributed by atoms with Crippen molar-refractivity contribution in [3.63, 3.8) is 0 Å². The number of nitrogens with one attached hydrogen (secondary N) is 1. The summed E-state index contributed by atoms with van der Waals surface area (Å²) in [5.74, 6) is 2.19. The van der Waals surface area contributed by atoms with E-state index >= 15 is 0 Å². The molecule has 0 aliphatic carbocycles. The van der Waals surface area contributed by atoms with Crippen LogP contribution in [-0.2, 0) is 0 Å². The Labute approximate surface area is 216 Å². The fourth-order valence-electron chi connectivity index (χ4n) is 4.59. The molecule has 0 amide bonds. The second-order valence-electron chi connectivity index (χ2n) is 8.19. The standard InChI is InChI=1S/C26H20Cl2N4O2S/c1-33-18-10-5-14(6-11-18)23-21-22(29-25-30-26(35-2)31-32(23)25)19-13-17(28)9-12-20(19)34-24(21)15-3-7-16(27)8-4-15/h3-13,23-24H,1-2H3,(H,29,30,31). The van der Waals surface area contributed by atoms with Crippen LogP contribution >= 0.6 is 35.0 Å². The Morgan fingerprint density at radius 3 is 2.40 bits per heavy atom. The number of benzene rings is 3. The van der Waals surface area contributed by atoms with Crippen molar-refractivity contribution in [3.05, 3.63) is 99.0 Å². The lowest BCUT2D eigenvalue weighted by atomic mass is 9.84. The molecule has 0 spiro atoms. The van der Waals surface area contributed by atoms with E-state index in [4.69, 9.17) is 42.8 Å². The second-order valence-corrected chi connectivity index (χ2v) is 9.83. The molecular weight excluding hydrogens is 503 g/mol. The highest BCUT2D eigenvalue weighted by Gasteiger charge is 2.41. The molecule has 0 saturated heterocycles. The van der Waals surface area contributed by atoms with Crippen LogP contribution in [0.2, 0.25) is 10.0 Å². The Morgan fingerprint density at radius 1 is 0.971 bits per heavy atom. The van der Waals surface area contributed by atoms with Crippen LogP contribution in [0, 0.1) is 0 Å². The van der Waals surface area contributed by atoms with E-state index in [1.165, 1.54) is 11.8 Å². The number of anilines is 1. The Morgan fingerprint density at radius 2 is 1.69 bits per heavy atom. The minimum atomic E-state index is -0.384. The van der Waals surface area contributed by atoms with E-state index in [9.17, 15) is 0 Å². The SMILES string of the molecule is COc1ccc(C2C3=C(Nc4nc(SC)nn42)c2cc(Cl)ccc2OC3c2ccc(Cl)cc2)cc1. The van der Waals surface area contributed by atoms with Gasteiger partial charge in [0.05, 0.1) is 12.8 Å². The third-order valence-electron chi connectivity index (χ3n) is 6.20. The maximum Gasteiger partial charge on any atom is 0.227 e. The van der Waals surface area contributed by atoms with Gasteiger partial charge in [-0.3, -0.25) is 0 Å². The number of hydrogen-bond donors (Lipinski definition) is 1. The zero-order chi connectivity index (χ0) is 24.1. The first kappa shape index (κ1) is 22.3. The van der Waals surface area contributed by atoms with E-state index in [2.05, 4.69) is 17.4 Å². The first-order valence-electron chi connectivity index (χ1n) is 10.9. The van der Waals surface area contributed by atoms with Crippen molar-refractivity contribution in [2.24, 2.45) is 0 Å². The third kappa shape index (κ3) is 3.84. The maximum absolute atomic E-state index is 6.64. The first-order chi connectivity index (χ1) is 17.1. The van der Waals surface area contributed by atoms with Crippen molar-refractivity contribution in [2.45, 2.75) is 17.3 Å². The van der Waals surface area contributed by atoms with Gasteiger partial charge in [-0.05, 0) is 59.8 Å². The van der Waals surface area contributed by atoms with Crippen molar-refractivity contribution in [1.29, 1.82) is 0 Å². The number of nitrogens with zero attached hydrogens (tertiary/aromatic N) is 3. The van der Waals surface area contributed by atoms with Gasteiger partial charge in [-0.1, -0.05) is 59.2 Å². The normalized spacial score (nSPS) is 18.2. The van der Waals surface area contributed by atoms with Gasteiger partial charge in [0.25, 0.3) is 0 Å². The van der Waals surface area contributed by atoms with Crippen LogP contribution < -0.4 is 14.8 Å². The first-order valence-corrected chi connectivity index (χ1v) is 12.9. The average Bonchev–Trinajstić information content (AvgIpc) is 3.31. The van der Waals surface area contributed by atoms with Gasteiger partial charge < -0.3 is 14.8 Å². The van der Waals surface area contributed by atoms with Crippen LogP contribution in [0.5, 0.6) is 11.5 Å². The molecule has 2 aliphatic heterocycles. The van der Waals surface area contributed by atoms with E-state index < -0.39 is 0 Å². The summed E-state index contributed by atoms with van der Waals surface area (Å²) in [4.78, 5) is 4.73. The molecule has 176 valence electrons. The monoisotopic (exact) mass is 522 g/mol. The summed E-state index contributed by atoms with van der Waals surface area (Å²) >= 11 is 14.1. The number of methoxy groups -OCH3 is 1. The summed E-state index contributed by atoms with van der Waals surface area (Å²) < 4.78 is 14.0. The van der Waals surface area contributed by atoms with Crippen LogP contribution in [0.15, 0.2) is 77.5 Å². The summed E-state index contributed by atoms with van der Waals surface area (Å²) in [7, 11) is 1.66. The summed E-state index contributed by atoms with van der Waals surface area (Å²) in [6.45, 7) is 0. The second kappa shape index (κ2) is 8.82. The molecule has 0 radical (unpaired) electrons. The molecule has 0 fully saturated rings. The topological polar surface area (TPSA) is 61.2 Å². The molecule has 3 aromatic carbocycles. The zero-order valence-corrected chi connectivity index (χ0v) is 21.2. The van der Waals surface area contributed by atoms with Crippen molar-refractivity contribution >= 4 is 46.6 Å². The minimum Gasteiger partial charge on any atom is -0.497 e. The van der Waals surface area contributed by atoms with Crippen LogP contribution in [0.25, 0.3) is 5.70 Å². The highest BCUT2D eigenvalue weighted by molar-refractivity contribution is 7.98. The molecule has 2 atom stereocenters. The summed E-state index contributed by atoms with van der Waals surface area (Å²) in [6, 6.07) is 21.1. The fourth-order valence-corrected chi connectivity index (χ4v) is 5.23. The van der Waals surface area contributed by atoms with Gasteiger partial charge in [0.1, 0.15) is 23.6 Å². The molecule has 6 rings (SSSR count). The van der Waals surface area contributed by atoms with Crippen LogP contribution in [0.4, 0.5) is 5.95 Å². The van der Waals surface area contributed by atoms with Gasteiger partial charge in [-0.15, -0.1) is 5.10 Å². The molecule has 1 N–H and O–H groups in total. The predicted molar refractivity (Wildman–Crippen MR) is 140 cm³/mol. The number of ether oxygens (including phenoxy) is 2. The Bertz CT molecular complexity index is 1450. The summed E-state index contributed by atoms with van der Waals surface area (Å²) in [6.07, 6.45) is 1.58. The molecule has 2 aliphatic rings. The lowest BCUT2D eigenvalue weighted by Gasteiger charge is -2.39. The fraction of sp³-hybridized carbons (Fsp3) is 0.154. The minimum absolute atomic E-state index is 0.270. The molecule has 4 aromatic rings. The number of thioether (sulfide) groups is 1. The van der Waals surface area contributed by atoms with Crippen molar-refractivity contribution in [1.82, 2.24) is 14.8 Å². The van der Waals surface area contributed by atoms with E-state index in [0.29, 0.717) is 21.2 Å². The van der Waals surface area contributed by atoms with Crippen LogP contribution in [0.1, 0.15) is 28.8 Å². The Kier molecular flexibility index (Phi) is 5.63. The molecule has 0 saturated carbocycles. The lowest BCUT2D eigenvalue weighted by Crippen LogP contribution is -2.32. The number of halogens is 2. The summed E-state index contributed by atoms with van der Waals surface area (Å²) in [5, 5.41) is 10.3. The van der Waals surface area contributed by atoms with Gasteiger partial charge in [0, 0.05) is 21.2 Å². The average molecular weight is 523 g/mol. The highest BCUT2D eigenvalue weighted by atomic mass is 35.5. The van der Waals surface area contributed by atoms with Gasteiger partial charge in [-0.2, -0.15) is 4.98 Å². The van der Waals surface area contributed by atoms with Gasteiger partial charge in [0.15, 0.2) is 0 Å².